The topological polar surface area (TPSA) is 35.5 Å². The Bertz CT molecular complexity index is 770. The van der Waals surface area contributed by atoms with E-state index in [0.29, 0.717) is 6.42 Å². The summed E-state index contributed by atoms with van der Waals surface area (Å²) in [5.41, 5.74) is 2.53. The fourth-order valence-corrected chi connectivity index (χ4v) is 7.22. The molecule has 0 fully saturated rings. The zero-order valence-electron chi connectivity index (χ0n) is 33.4. The van der Waals surface area contributed by atoms with Gasteiger partial charge in [-0.15, -0.1) is 0 Å². The van der Waals surface area contributed by atoms with Crippen molar-refractivity contribution in [3.8, 4) is 0 Å². The van der Waals surface area contributed by atoms with Crippen LogP contribution in [-0.2, 0) is 13.0 Å². The van der Waals surface area contributed by atoms with Gasteiger partial charge in [-0.2, -0.15) is 0 Å². The minimum atomic E-state index is -0.512. The number of rotatable bonds is 35. The van der Waals surface area contributed by atoms with Gasteiger partial charge in [-0.05, 0) is 57.8 Å². The first-order chi connectivity index (χ1) is 23.3. The van der Waals surface area contributed by atoms with Crippen LogP contribution in [0, 0.1) is 0 Å². The van der Waals surface area contributed by atoms with Crippen molar-refractivity contribution in [2.45, 2.75) is 239 Å². The van der Waals surface area contributed by atoms with Crippen LogP contribution < -0.4 is 5.32 Å². The quantitative estimate of drug-likeness (QED) is 0.0557. The van der Waals surface area contributed by atoms with E-state index in [2.05, 4.69) is 69.1 Å². The second kappa shape index (κ2) is 32.0. The first-order valence-corrected chi connectivity index (χ1v) is 21.6. The third-order valence-corrected chi connectivity index (χ3v) is 10.1. The Kier molecular flexibility index (Phi) is 30.1. The molecule has 1 aromatic rings. The van der Waals surface area contributed by atoms with Crippen LogP contribution >= 0.6 is 0 Å². The zero-order chi connectivity index (χ0) is 35.0. The molecule has 1 unspecified atom stereocenters. The van der Waals surface area contributed by atoms with E-state index < -0.39 is 6.23 Å². The van der Waals surface area contributed by atoms with E-state index in [1.807, 2.05) is 0 Å². The van der Waals surface area contributed by atoms with Gasteiger partial charge in [0, 0.05) is 18.5 Å². The first-order valence-electron chi connectivity index (χ1n) is 21.6. The summed E-state index contributed by atoms with van der Waals surface area (Å²) in [4.78, 5) is 2.73. The van der Waals surface area contributed by atoms with Crippen LogP contribution in [0.15, 0.2) is 24.3 Å². The van der Waals surface area contributed by atoms with Crippen molar-refractivity contribution >= 4 is 0 Å². The average Bonchev–Trinajstić information content (AvgIpc) is 3.04. The molecule has 0 spiro atoms. The van der Waals surface area contributed by atoms with Gasteiger partial charge < -0.3 is 5.11 Å². The standard InChI is InChI=1S/C45H86N2O/c1-6-8-10-12-14-16-18-20-22-24-26-28-30-32-37-47(38-33-31-29-27-25-23-21-19-17-15-13-11-9-7-2)41-43-36-34-35-42(39-43)40-44(48)46-45(3,4)5/h34-36,39,44,46,48H,6-33,37-38,40-41H2,1-5H3. The number of aliphatic hydroxyl groups is 1. The predicted octanol–water partition coefficient (Wildman–Crippen LogP) is 13.7. The van der Waals surface area contributed by atoms with E-state index in [4.69, 9.17) is 0 Å². The Labute approximate surface area is 302 Å². The van der Waals surface area contributed by atoms with E-state index in [1.54, 1.807) is 0 Å². The Morgan fingerprint density at radius 2 is 0.854 bits per heavy atom. The minimum Gasteiger partial charge on any atom is -0.378 e. The SMILES string of the molecule is CCCCCCCCCCCCCCCCN(CCCCCCCCCCCCCCCC)Cc1cccc(CC(O)NC(C)(C)C)c1. The fourth-order valence-electron chi connectivity index (χ4n) is 7.22. The largest absolute Gasteiger partial charge is 0.378 e. The molecule has 3 heteroatoms. The van der Waals surface area contributed by atoms with E-state index in [-0.39, 0.29) is 5.54 Å². The number of nitrogens with one attached hydrogen (secondary N) is 1. The molecule has 0 amide bonds. The molecule has 1 rings (SSSR count). The lowest BCUT2D eigenvalue weighted by Crippen LogP contribution is -2.44. The average molecular weight is 671 g/mol. The number of hydrogen-bond donors (Lipinski definition) is 2. The Balaban J connectivity index is 2.34. The maximum Gasteiger partial charge on any atom is 0.109 e. The summed E-state index contributed by atoms with van der Waals surface area (Å²) >= 11 is 0. The van der Waals surface area contributed by atoms with Crippen molar-refractivity contribution in [1.29, 1.82) is 0 Å². The molecule has 1 aromatic carbocycles. The molecular weight excluding hydrogens is 585 g/mol. The number of aliphatic hydroxyl groups excluding tert-OH is 1. The summed E-state index contributed by atoms with van der Waals surface area (Å²) in [7, 11) is 0. The minimum absolute atomic E-state index is 0.0884. The van der Waals surface area contributed by atoms with Crippen molar-refractivity contribution < 1.29 is 5.11 Å². The molecule has 0 aliphatic carbocycles. The molecule has 0 radical (unpaired) electrons. The number of hydrogen-bond acceptors (Lipinski definition) is 3. The van der Waals surface area contributed by atoms with Crippen LogP contribution in [0.4, 0.5) is 0 Å². The normalized spacial score (nSPS) is 12.7. The molecule has 0 heterocycles. The Morgan fingerprint density at radius 1 is 0.521 bits per heavy atom. The van der Waals surface area contributed by atoms with Crippen molar-refractivity contribution in [2.75, 3.05) is 13.1 Å². The number of benzene rings is 1. The summed E-state index contributed by atoms with van der Waals surface area (Å²) in [6, 6.07) is 8.97. The van der Waals surface area contributed by atoms with Crippen LogP contribution in [-0.4, -0.2) is 34.9 Å². The highest BCUT2D eigenvalue weighted by Gasteiger charge is 2.15. The molecule has 3 nitrogen and oxygen atoms in total. The summed E-state index contributed by atoms with van der Waals surface area (Å²) in [5, 5.41) is 13.9. The first kappa shape index (κ1) is 45.1. The van der Waals surface area contributed by atoms with Gasteiger partial charge in [-0.25, -0.2) is 0 Å². The van der Waals surface area contributed by atoms with Crippen LogP contribution in [0.5, 0.6) is 0 Å². The van der Waals surface area contributed by atoms with Crippen LogP contribution in [0.3, 0.4) is 0 Å². The van der Waals surface area contributed by atoms with Crippen molar-refractivity contribution in [1.82, 2.24) is 10.2 Å². The van der Waals surface area contributed by atoms with E-state index in [9.17, 15) is 5.11 Å². The van der Waals surface area contributed by atoms with Crippen LogP contribution in [0.2, 0.25) is 0 Å². The van der Waals surface area contributed by atoms with E-state index >= 15 is 0 Å². The Morgan fingerprint density at radius 3 is 1.21 bits per heavy atom. The molecule has 2 N–H and O–H groups in total. The van der Waals surface area contributed by atoms with Gasteiger partial charge in [0.15, 0.2) is 0 Å². The maximum atomic E-state index is 10.6. The molecule has 1 atom stereocenters. The number of unbranched alkanes of at least 4 members (excludes halogenated alkanes) is 26. The van der Waals surface area contributed by atoms with Crippen molar-refractivity contribution in [3.05, 3.63) is 35.4 Å². The van der Waals surface area contributed by atoms with Crippen LogP contribution in [0.1, 0.15) is 226 Å². The van der Waals surface area contributed by atoms with E-state index in [0.717, 1.165) is 6.54 Å². The monoisotopic (exact) mass is 671 g/mol. The highest BCUT2D eigenvalue weighted by molar-refractivity contribution is 5.24. The predicted molar refractivity (Wildman–Crippen MR) is 215 cm³/mol. The lowest BCUT2D eigenvalue weighted by Gasteiger charge is -2.25. The fraction of sp³-hybridized carbons (Fsp3) is 0.867. The Hall–Kier alpha value is -0.900. The molecule has 282 valence electrons. The van der Waals surface area contributed by atoms with Crippen LogP contribution in [0.25, 0.3) is 0 Å². The van der Waals surface area contributed by atoms with Gasteiger partial charge in [0.1, 0.15) is 6.23 Å². The summed E-state index contributed by atoms with van der Waals surface area (Å²) < 4.78 is 0. The highest BCUT2D eigenvalue weighted by Crippen LogP contribution is 2.17. The van der Waals surface area contributed by atoms with Gasteiger partial charge >= 0.3 is 0 Å². The second-order valence-corrected chi connectivity index (χ2v) is 16.4. The second-order valence-electron chi connectivity index (χ2n) is 16.4. The van der Waals surface area contributed by atoms with E-state index in [1.165, 1.54) is 204 Å². The van der Waals surface area contributed by atoms with Gasteiger partial charge in [0.25, 0.3) is 0 Å². The molecule has 0 aromatic heterocycles. The zero-order valence-corrected chi connectivity index (χ0v) is 33.4. The molecule has 48 heavy (non-hydrogen) atoms. The third-order valence-electron chi connectivity index (χ3n) is 10.1. The maximum absolute atomic E-state index is 10.6. The molecule has 0 aliphatic rings. The lowest BCUT2D eigenvalue weighted by atomic mass is 10.0. The molecule has 0 aliphatic heterocycles. The van der Waals surface area contributed by atoms with Gasteiger partial charge in [-0.1, -0.05) is 205 Å². The third kappa shape index (κ3) is 30.0. The molecular formula is C45H86N2O. The van der Waals surface area contributed by atoms with Gasteiger partial charge in [0.2, 0.25) is 0 Å². The molecule has 0 saturated heterocycles. The highest BCUT2D eigenvalue weighted by atomic mass is 16.3. The van der Waals surface area contributed by atoms with Gasteiger partial charge in [0.05, 0.1) is 0 Å². The van der Waals surface area contributed by atoms with Crippen molar-refractivity contribution in [3.63, 3.8) is 0 Å². The molecule has 0 bridgehead atoms. The van der Waals surface area contributed by atoms with Gasteiger partial charge in [-0.3, -0.25) is 10.2 Å². The lowest BCUT2D eigenvalue weighted by molar-refractivity contribution is 0.106. The summed E-state index contributed by atoms with van der Waals surface area (Å²) in [6.07, 6.45) is 39.9. The van der Waals surface area contributed by atoms with Crippen molar-refractivity contribution in [2.24, 2.45) is 0 Å². The smallest absolute Gasteiger partial charge is 0.109 e. The number of nitrogens with zero attached hydrogens (tertiary/aromatic N) is 1. The summed E-state index contributed by atoms with van der Waals surface area (Å²) in [6.45, 7) is 14.4. The molecule has 0 saturated carbocycles. The summed E-state index contributed by atoms with van der Waals surface area (Å²) in [5.74, 6) is 0.